The summed E-state index contributed by atoms with van der Waals surface area (Å²) in [5.74, 6) is 0.193. The average Bonchev–Trinajstić information content (AvgIpc) is 2.74. The number of rotatable bonds is 7. The van der Waals surface area contributed by atoms with Crippen LogP contribution in [0.15, 0.2) is 65.6 Å². The summed E-state index contributed by atoms with van der Waals surface area (Å²) in [6.45, 7) is 5.69. The standard InChI is InChI=1S/C22H27N3O2S/c1-18(28-20-10-6-3-7-11-20)22(27)25-14-12-24(13-15-25)17-21(26)23-16-19-8-4-2-5-9-19/h2-11,18H,12-17H2,1H3,(H,23,26). The van der Waals surface area contributed by atoms with E-state index in [9.17, 15) is 9.59 Å². The van der Waals surface area contributed by atoms with E-state index in [1.165, 1.54) is 0 Å². The predicted octanol–water partition coefficient (Wildman–Crippen LogP) is 2.63. The largest absolute Gasteiger partial charge is 0.351 e. The molecule has 2 amide bonds. The number of hydrogen-bond donors (Lipinski definition) is 1. The van der Waals surface area contributed by atoms with Crippen molar-refractivity contribution in [3.63, 3.8) is 0 Å². The SMILES string of the molecule is CC(Sc1ccccc1)C(=O)N1CCN(CC(=O)NCc2ccccc2)CC1. The van der Waals surface area contributed by atoms with Gasteiger partial charge in [0.1, 0.15) is 0 Å². The van der Waals surface area contributed by atoms with Crippen molar-refractivity contribution in [1.29, 1.82) is 0 Å². The first-order valence-corrected chi connectivity index (χ1v) is 10.5. The van der Waals surface area contributed by atoms with Gasteiger partial charge in [-0.1, -0.05) is 48.5 Å². The van der Waals surface area contributed by atoms with Crippen LogP contribution in [0.4, 0.5) is 0 Å². The van der Waals surface area contributed by atoms with E-state index in [0.717, 1.165) is 23.5 Å². The van der Waals surface area contributed by atoms with Crippen molar-refractivity contribution in [2.45, 2.75) is 23.6 Å². The van der Waals surface area contributed by atoms with Crippen molar-refractivity contribution < 1.29 is 9.59 Å². The topological polar surface area (TPSA) is 52.7 Å². The fourth-order valence-electron chi connectivity index (χ4n) is 3.19. The highest BCUT2D eigenvalue weighted by Gasteiger charge is 2.26. The molecule has 1 atom stereocenters. The lowest BCUT2D eigenvalue weighted by Crippen LogP contribution is -2.52. The second-order valence-electron chi connectivity index (χ2n) is 6.94. The van der Waals surface area contributed by atoms with Crippen molar-refractivity contribution in [2.75, 3.05) is 32.7 Å². The highest BCUT2D eigenvalue weighted by atomic mass is 32.2. The Balaban J connectivity index is 1.38. The van der Waals surface area contributed by atoms with Crippen LogP contribution in [0, 0.1) is 0 Å². The smallest absolute Gasteiger partial charge is 0.235 e. The summed E-state index contributed by atoms with van der Waals surface area (Å²) in [5.41, 5.74) is 1.09. The van der Waals surface area contributed by atoms with Gasteiger partial charge in [-0.25, -0.2) is 0 Å². The monoisotopic (exact) mass is 397 g/mol. The molecule has 1 aliphatic rings. The van der Waals surface area contributed by atoms with Gasteiger partial charge in [0.2, 0.25) is 11.8 Å². The Labute approximate surface area is 171 Å². The minimum Gasteiger partial charge on any atom is -0.351 e. The van der Waals surface area contributed by atoms with Crippen LogP contribution in [0.25, 0.3) is 0 Å². The maximum Gasteiger partial charge on any atom is 0.235 e. The number of carbonyl (C=O) groups excluding carboxylic acids is 2. The van der Waals surface area contributed by atoms with Gasteiger partial charge in [-0.3, -0.25) is 14.5 Å². The summed E-state index contributed by atoms with van der Waals surface area (Å²) in [5, 5.41) is 2.85. The van der Waals surface area contributed by atoms with Crippen LogP contribution in [0.2, 0.25) is 0 Å². The Hall–Kier alpha value is -2.31. The molecule has 148 valence electrons. The van der Waals surface area contributed by atoms with Crippen LogP contribution in [0.3, 0.4) is 0 Å². The summed E-state index contributed by atoms with van der Waals surface area (Å²) in [4.78, 5) is 30.0. The fraction of sp³-hybridized carbons (Fsp3) is 0.364. The first-order chi connectivity index (χ1) is 13.6. The van der Waals surface area contributed by atoms with Gasteiger partial charge in [-0.2, -0.15) is 0 Å². The van der Waals surface area contributed by atoms with Crippen molar-refractivity contribution in [3.05, 3.63) is 66.2 Å². The van der Waals surface area contributed by atoms with E-state index in [1.54, 1.807) is 11.8 Å². The van der Waals surface area contributed by atoms with Gasteiger partial charge in [-0.05, 0) is 24.6 Å². The van der Waals surface area contributed by atoms with Crippen molar-refractivity contribution >= 4 is 23.6 Å². The maximum atomic E-state index is 12.7. The van der Waals surface area contributed by atoms with Crippen LogP contribution >= 0.6 is 11.8 Å². The third-order valence-corrected chi connectivity index (χ3v) is 5.89. The van der Waals surface area contributed by atoms with Gasteiger partial charge in [0, 0.05) is 37.6 Å². The number of thioether (sulfide) groups is 1. The molecule has 0 aliphatic carbocycles. The highest BCUT2D eigenvalue weighted by Crippen LogP contribution is 2.24. The Morgan fingerprint density at radius 2 is 1.57 bits per heavy atom. The van der Waals surface area contributed by atoms with E-state index in [0.29, 0.717) is 26.2 Å². The van der Waals surface area contributed by atoms with Crippen molar-refractivity contribution in [1.82, 2.24) is 15.1 Å². The van der Waals surface area contributed by atoms with Crippen molar-refractivity contribution in [2.24, 2.45) is 0 Å². The Bertz CT molecular complexity index is 762. The number of nitrogens with one attached hydrogen (secondary N) is 1. The molecule has 28 heavy (non-hydrogen) atoms. The molecule has 2 aromatic carbocycles. The molecule has 1 saturated heterocycles. The van der Waals surface area contributed by atoms with Gasteiger partial charge in [0.25, 0.3) is 0 Å². The van der Waals surface area contributed by atoms with E-state index in [-0.39, 0.29) is 17.1 Å². The number of hydrogen-bond acceptors (Lipinski definition) is 4. The second kappa shape index (κ2) is 10.3. The fourth-order valence-corrected chi connectivity index (χ4v) is 4.16. The number of benzene rings is 2. The molecule has 1 heterocycles. The van der Waals surface area contributed by atoms with Crippen LogP contribution in [0.5, 0.6) is 0 Å². The highest BCUT2D eigenvalue weighted by molar-refractivity contribution is 8.00. The number of amides is 2. The molecule has 6 heteroatoms. The maximum absolute atomic E-state index is 12.7. The van der Waals surface area contributed by atoms with Crippen molar-refractivity contribution in [3.8, 4) is 0 Å². The molecule has 1 unspecified atom stereocenters. The molecule has 3 rings (SSSR count). The number of piperazine rings is 1. The molecule has 1 fully saturated rings. The molecule has 1 aliphatic heterocycles. The Morgan fingerprint density at radius 1 is 0.964 bits per heavy atom. The first kappa shape index (κ1) is 20.4. The van der Waals surface area contributed by atoms with E-state index in [4.69, 9.17) is 0 Å². The number of carbonyl (C=O) groups is 2. The quantitative estimate of drug-likeness (QED) is 0.730. The minimum absolute atomic E-state index is 0.0247. The number of nitrogens with zero attached hydrogens (tertiary/aromatic N) is 2. The molecular formula is C22H27N3O2S. The van der Waals surface area contributed by atoms with Gasteiger partial charge in [0.15, 0.2) is 0 Å². The van der Waals surface area contributed by atoms with E-state index < -0.39 is 0 Å². The van der Waals surface area contributed by atoms with E-state index >= 15 is 0 Å². The average molecular weight is 398 g/mol. The molecule has 0 spiro atoms. The predicted molar refractivity (Wildman–Crippen MR) is 113 cm³/mol. The lowest BCUT2D eigenvalue weighted by molar-refractivity contribution is -0.132. The summed E-state index contributed by atoms with van der Waals surface area (Å²) in [7, 11) is 0. The van der Waals surface area contributed by atoms with Crippen LogP contribution in [0.1, 0.15) is 12.5 Å². The third kappa shape index (κ3) is 6.11. The molecule has 0 aromatic heterocycles. The Kier molecular flexibility index (Phi) is 7.51. The molecular weight excluding hydrogens is 370 g/mol. The van der Waals surface area contributed by atoms with E-state index in [2.05, 4.69) is 10.2 Å². The second-order valence-corrected chi connectivity index (χ2v) is 8.35. The molecule has 5 nitrogen and oxygen atoms in total. The van der Waals surface area contributed by atoms with Crippen LogP contribution in [-0.2, 0) is 16.1 Å². The van der Waals surface area contributed by atoms with Crippen LogP contribution in [-0.4, -0.2) is 59.6 Å². The lowest BCUT2D eigenvalue weighted by atomic mass is 10.2. The molecule has 1 N–H and O–H groups in total. The van der Waals surface area contributed by atoms with E-state index in [1.807, 2.05) is 72.5 Å². The molecule has 0 bridgehead atoms. The minimum atomic E-state index is -0.108. The Morgan fingerprint density at radius 3 is 2.21 bits per heavy atom. The first-order valence-electron chi connectivity index (χ1n) is 9.65. The zero-order chi connectivity index (χ0) is 19.8. The van der Waals surface area contributed by atoms with Gasteiger partial charge < -0.3 is 10.2 Å². The zero-order valence-corrected chi connectivity index (χ0v) is 17.0. The summed E-state index contributed by atoms with van der Waals surface area (Å²) in [6.07, 6.45) is 0. The van der Waals surface area contributed by atoms with Gasteiger partial charge >= 0.3 is 0 Å². The summed E-state index contributed by atoms with van der Waals surface area (Å²) < 4.78 is 0. The zero-order valence-electron chi connectivity index (χ0n) is 16.2. The summed E-state index contributed by atoms with van der Waals surface area (Å²) >= 11 is 1.59. The lowest BCUT2D eigenvalue weighted by Gasteiger charge is -2.35. The van der Waals surface area contributed by atoms with Gasteiger partial charge in [-0.15, -0.1) is 11.8 Å². The summed E-state index contributed by atoms with van der Waals surface area (Å²) in [6, 6.07) is 19.9. The molecule has 0 saturated carbocycles. The van der Waals surface area contributed by atoms with Gasteiger partial charge in [0.05, 0.1) is 11.8 Å². The molecule has 2 aromatic rings. The molecule has 0 radical (unpaired) electrons. The van der Waals surface area contributed by atoms with Crippen LogP contribution < -0.4 is 5.32 Å². The normalized spacial score (nSPS) is 15.8. The third-order valence-electron chi connectivity index (χ3n) is 4.79.